The Kier molecular flexibility index (Phi) is 5.73. The van der Waals surface area contributed by atoms with E-state index < -0.39 is 0 Å². The number of carbonyl (C=O) groups is 1. The van der Waals surface area contributed by atoms with Crippen molar-refractivity contribution in [1.82, 2.24) is 10.3 Å². The fourth-order valence-electron chi connectivity index (χ4n) is 4.73. The Morgan fingerprint density at radius 1 is 1.13 bits per heavy atom. The van der Waals surface area contributed by atoms with Crippen LogP contribution in [0, 0.1) is 5.92 Å². The van der Waals surface area contributed by atoms with Crippen molar-refractivity contribution in [2.75, 3.05) is 19.7 Å². The first kappa shape index (κ1) is 21.4. The third-order valence-electron chi connectivity index (χ3n) is 6.47. The Labute approximate surface area is 191 Å². The molecule has 5 rings (SSSR count). The van der Waals surface area contributed by atoms with Crippen LogP contribution in [0.2, 0.25) is 0 Å². The lowest BCUT2D eigenvalue weighted by molar-refractivity contribution is 0.103. The number of ether oxygens (including phenoxy) is 1. The highest BCUT2D eigenvalue weighted by atomic mass is 79.9. The molecule has 30 heavy (non-hydrogen) atoms. The van der Waals surface area contributed by atoms with E-state index in [2.05, 4.69) is 46.1 Å². The molecule has 0 spiro atoms. The molecule has 1 saturated heterocycles. The Hall–Kier alpha value is -1.82. The zero-order valence-corrected chi connectivity index (χ0v) is 19.6. The van der Waals surface area contributed by atoms with E-state index in [1.165, 1.54) is 0 Å². The maximum atomic E-state index is 13.4. The summed E-state index contributed by atoms with van der Waals surface area (Å²) in [5.41, 5.74) is 4.27. The number of ketones is 1. The van der Waals surface area contributed by atoms with Crippen LogP contribution in [-0.2, 0) is 5.41 Å². The van der Waals surface area contributed by atoms with Gasteiger partial charge in [0.05, 0.1) is 12.2 Å². The Bertz CT molecular complexity index is 1120. The molecule has 1 aliphatic carbocycles. The fourth-order valence-corrected chi connectivity index (χ4v) is 5.10. The van der Waals surface area contributed by atoms with E-state index in [4.69, 9.17) is 4.74 Å². The first-order valence-electron chi connectivity index (χ1n) is 10.3. The summed E-state index contributed by atoms with van der Waals surface area (Å²) in [4.78, 5) is 16.9. The number of rotatable bonds is 3. The van der Waals surface area contributed by atoms with Gasteiger partial charge in [0.25, 0.3) is 0 Å². The maximum absolute atomic E-state index is 13.4. The highest BCUT2D eigenvalue weighted by Gasteiger charge is 2.39. The van der Waals surface area contributed by atoms with Crippen LogP contribution in [0.15, 0.2) is 40.9 Å². The SMILES string of the molecule is CC1(C)c2cc(OCC3CCNCC3)ccc2C(=O)c2c1[nH]c1cc(Br)ccc21.Cl. The van der Waals surface area contributed by atoms with Gasteiger partial charge in [0.15, 0.2) is 5.78 Å². The fraction of sp³-hybridized carbons (Fsp3) is 0.375. The molecule has 1 aromatic heterocycles. The molecule has 0 saturated carbocycles. The molecule has 4 nitrogen and oxygen atoms in total. The van der Waals surface area contributed by atoms with Gasteiger partial charge in [-0.15, -0.1) is 12.4 Å². The second-order valence-corrected chi connectivity index (χ2v) is 9.65. The maximum Gasteiger partial charge on any atom is 0.195 e. The van der Waals surface area contributed by atoms with Gasteiger partial charge in [0.2, 0.25) is 0 Å². The van der Waals surface area contributed by atoms with Gasteiger partial charge in [-0.2, -0.15) is 0 Å². The lowest BCUT2D eigenvalue weighted by atomic mass is 9.71. The van der Waals surface area contributed by atoms with E-state index in [-0.39, 0.29) is 23.6 Å². The van der Waals surface area contributed by atoms with Crippen LogP contribution in [0.3, 0.4) is 0 Å². The summed E-state index contributed by atoms with van der Waals surface area (Å²) < 4.78 is 7.15. The molecule has 2 heterocycles. The molecular formula is C24H26BrClN2O2. The van der Waals surface area contributed by atoms with E-state index >= 15 is 0 Å². The largest absolute Gasteiger partial charge is 0.493 e. The highest BCUT2D eigenvalue weighted by molar-refractivity contribution is 9.10. The van der Waals surface area contributed by atoms with E-state index in [0.717, 1.165) is 76.0 Å². The van der Waals surface area contributed by atoms with Crippen molar-refractivity contribution in [3.63, 3.8) is 0 Å². The number of halogens is 2. The van der Waals surface area contributed by atoms with Crippen molar-refractivity contribution < 1.29 is 9.53 Å². The summed E-state index contributed by atoms with van der Waals surface area (Å²) in [5, 5.41) is 4.38. The molecule has 158 valence electrons. The molecule has 0 unspecified atom stereocenters. The number of H-pyrrole nitrogens is 1. The summed E-state index contributed by atoms with van der Waals surface area (Å²) in [7, 11) is 0. The van der Waals surface area contributed by atoms with Gasteiger partial charge < -0.3 is 15.0 Å². The van der Waals surface area contributed by atoms with Crippen molar-refractivity contribution in [2.45, 2.75) is 32.1 Å². The number of aromatic nitrogens is 1. The molecule has 2 N–H and O–H groups in total. The number of nitrogens with one attached hydrogen (secondary N) is 2. The van der Waals surface area contributed by atoms with E-state index in [1.807, 2.05) is 30.3 Å². The molecule has 0 amide bonds. The third-order valence-corrected chi connectivity index (χ3v) is 6.96. The predicted octanol–water partition coefficient (Wildman–Crippen LogP) is 5.60. The van der Waals surface area contributed by atoms with Crippen molar-refractivity contribution >= 4 is 45.0 Å². The van der Waals surface area contributed by atoms with Gasteiger partial charge in [0, 0.05) is 32.0 Å². The number of fused-ring (bicyclic) bond motifs is 4. The minimum absolute atomic E-state index is 0. The lowest BCUT2D eigenvalue weighted by Gasteiger charge is -2.32. The van der Waals surface area contributed by atoms with Crippen LogP contribution in [0.1, 0.15) is 53.9 Å². The molecule has 2 aliphatic rings. The topological polar surface area (TPSA) is 54.1 Å². The molecular weight excluding hydrogens is 464 g/mol. The number of aromatic amines is 1. The predicted molar refractivity (Wildman–Crippen MR) is 126 cm³/mol. The van der Waals surface area contributed by atoms with E-state index in [1.54, 1.807) is 0 Å². The molecule has 1 fully saturated rings. The molecule has 1 aliphatic heterocycles. The van der Waals surface area contributed by atoms with Crippen LogP contribution in [0.4, 0.5) is 0 Å². The van der Waals surface area contributed by atoms with Gasteiger partial charge in [-0.05, 0) is 67.7 Å². The summed E-state index contributed by atoms with van der Waals surface area (Å²) in [6.07, 6.45) is 2.31. The summed E-state index contributed by atoms with van der Waals surface area (Å²) in [5.74, 6) is 1.54. The minimum Gasteiger partial charge on any atom is -0.493 e. The number of hydrogen-bond donors (Lipinski definition) is 2. The molecule has 6 heteroatoms. The van der Waals surface area contributed by atoms with Crippen molar-refractivity contribution in [2.24, 2.45) is 5.92 Å². The van der Waals surface area contributed by atoms with Gasteiger partial charge in [-0.3, -0.25) is 4.79 Å². The van der Waals surface area contributed by atoms with E-state index in [0.29, 0.717) is 5.92 Å². The van der Waals surface area contributed by atoms with Gasteiger partial charge >= 0.3 is 0 Å². The number of benzene rings is 2. The van der Waals surface area contributed by atoms with Crippen LogP contribution in [0.5, 0.6) is 5.75 Å². The van der Waals surface area contributed by atoms with Crippen LogP contribution < -0.4 is 10.1 Å². The second-order valence-electron chi connectivity index (χ2n) is 8.73. The Morgan fingerprint density at radius 2 is 1.90 bits per heavy atom. The standard InChI is InChI=1S/C24H25BrN2O2.ClH/c1-24(2)19-12-16(29-13-14-7-9-26-10-8-14)4-6-17(19)22(28)21-18-5-3-15(25)11-20(18)27-23(21)24;/h3-6,11-12,14,26-27H,7-10,13H2,1-2H3;1H. The summed E-state index contributed by atoms with van der Waals surface area (Å²) in [6, 6.07) is 12.0. The van der Waals surface area contributed by atoms with E-state index in [9.17, 15) is 4.79 Å². The first-order valence-corrected chi connectivity index (χ1v) is 11.1. The van der Waals surface area contributed by atoms with Gasteiger partial charge in [-0.25, -0.2) is 0 Å². The lowest BCUT2D eigenvalue weighted by Crippen LogP contribution is -2.31. The summed E-state index contributed by atoms with van der Waals surface area (Å²) >= 11 is 3.53. The zero-order chi connectivity index (χ0) is 20.2. The average molecular weight is 490 g/mol. The Morgan fingerprint density at radius 3 is 2.67 bits per heavy atom. The number of piperidine rings is 1. The number of carbonyl (C=O) groups excluding carboxylic acids is 1. The monoisotopic (exact) mass is 488 g/mol. The first-order chi connectivity index (χ1) is 13.9. The van der Waals surface area contributed by atoms with Crippen molar-refractivity contribution in [3.05, 3.63) is 63.3 Å². The summed E-state index contributed by atoms with van der Waals surface area (Å²) in [6.45, 7) is 7.23. The van der Waals surface area contributed by atoms with Crippen molar-refractivity contribution in [3.8, 4) is 5.75 Å². The highest BCUT2D eigenvalue weighted by Crippen LogP contribution is 2.44. The van der Waals surface area contributed by atoms with Crippen LogP contribution >= 0.6 is 28.3 Å². The quantitative estimate of drug-likeness (QED) is 0.503. The van der Waals surface area contributed by atoms with Gasteiger partial charge in [0.1, 0.15) is 5.75 Å². The smallest absolute Gasteiger partial charge is 0.195 e. The molecule has 3 aromatic rings. The minimum atomic E-state index is -0.307. The third kappa shape index (κ3) is 3.47. The molecule has 0 bridgehead atoms. The Balaban J connectivity index is 0.00000218. The van der Waals surface area contributed by atoms with Crippen LogP contribution in [-0.4, -0.2) is 30.5 Å². The molecule has 0 radical (unpaired) electrons. The molecule has 0 atom stereocenters. The average Bonchev–Trinajstić information content (AvgIpc) is 3.11. The van der Waals surface area contributed by atoms with Gasteiger partial charge in [-0.1, -0.05) is 35.8 Å². The second kappa shape index (κ2) is 8.03. The zero-order valence-electron chi connectivity index (χ0n) is 17.2. The van der Waals surface area contributed by atoms with Crippen LogP contribution in [0.25, 0.3) is 10.9 Å². The molecule has 2 aromatic carbocycles. The number of hydrogen-bond acceptors (Lipinski definition) is 3. The van der Waals surface area contributed by atoms with Crippen molar-refractivity contribution in [1.29, 1.82) is 0 Å². The normalized spacial score (nSPS) is 17.9.